The second-order valence-corrected chi connectivity index (χ2v) is 14.5. The van der Waals surface area contributed by atoms with E-state index in [1.54, 1.807) is 0 Å². The Morgan fingerprint density at radius 3 is 1.60 bits per heavy atom. The van der Waals surface area contributed by atoms with E-state index in [4.69, 9.17) is 4.42 Å². The highest BCUT2D eigenvalue weighted by Crippen LogP contribution is 2.41. The van der Waals surface area contributed by atoms with Crippen molar-refractivity contribution in [2.24, 2.45) is 0 Å². The van der Waals surface area contributed by atoms with Gasteiger partial charge in [-0.05, 0) is 99.8 Å². The van der Waals surface area contributed by atoms with Gasteiger partial charge in [0.15, 0.2) is 0 Å². The second kappa shape index (κ2) is 11.6. The van der Waals surface area contributed by atoms with Gasteiger partial charge in [-0.25, -0.2) is 0 Å². The number of hydrogen-bond acceptors (Lipinski definition) is 1. The average molecular weight is 701 g/mol. The molecule has 12 rings (SSSR count). The summed E-state index contributed by atoms with van der Waals surface area (Å²) in [5.41, 5.74) is 13.7. The van der Waals surface area contributed by atoms with Crippen LogP contribution in [0.15, 0.2) is 199 Å². The van der Waals surface area contributed by atoms with E-state index in [1.807, 2.05) is 6.07 Å². The third-order valence-electron chi connectivity index (χ3n) is 11.5. The van der Waals surface area contributed by atoms with Crippen LogP contribution in [-0.2, 0) is 0 Å². The van der Waals surface area contributed by atoms with Gasteiger partial charge in [0, 0.05) is 32.6 Å². The van der Waals surface area contributed by atoms with Crippen LogP contribution in [0.3, 0.4) is 0 Å². The van der Waals surface area contributed by atoms with Gasteiger partial charge in [-0.3, -0.25) is 0 Å². The lowest BCUT2D eigenvalue weighted by atomic mass is 9.98. The standard InChI is InChI=1S/C52H32N2O/c1-2-13-38-33(11-1)12-9-17-39(38)34-23-27-37(28-24-34)53-45-18-6-3-14-40(45)43-31-35(25-29-47(43)53)36-26-30-48-44(32-36)41-15-4-7-19-46(41)54(48)49-20-10-22-51-52(49)42-16-5-8-21-50(42)55-51/h1-32H. The normalized spacial score (nSPS) is 12.0. The summed E-state index contributed by atoms with van der Waals surface area (Å²) < 4.78 is 11.1. The Morgan fingerprint density at radius 2 is 0.855 bits per heavy atom. The highest BCUT2D eigenvalue weighted by molar-refractivity contribution is 6.15. The molecule has 0 spiro atoms. The van der Waals surface area contributed by atoms with Crippen molar-refractivity contribution in [1.82, 2.24) is 9.13 Å². The first-order chi connectivity index (χ1) is 27.3. The maximum Gasteiger partial charge on any atom is 0.137 e. The highest BCUT2D eigenvalue weighted by Gasteiger charge is 2.19. The molecular formula is C52H32N2O. The Hall–Kier alpha value is -7.36. The minimum atomic E-state index is 0.898. The van der Waals surface area contributed by atoms with Gasteiger partial charge < -0.3 is 13.6 Å². The summed E-state index contributed by atoms with van der Waals surface area (Å²) in [6.07, 6.45) is 0. The van der Waals surface area contributed by atoms with Crippen LogP contribution in [0.25, 0.3) is 110 Å². The molecule has 0 amide bonds. The SMILES string of the molecule is c1ccc2c(-c3ccc(-n4c5ccccc5c5cc(-c6ccc7c(c6)c6ccccc6n7-c6cccc7oc8ccccc8c67)ccc54)cc3)cccc2c1. The van der Waals surface area contributed by atoms with Gasteiger partial charge in [0.05, 0.1) is 33.1 Å². The lowest BCUT2D eigenvalue weighted by Gasteiger charge is -2.11. The molecule has 3 heteroatoms. The van der Waals surface area contributed by atoms with Crippen molar-refractivity contribution in [1.29, 1.82) is 0 Å². The van der Waals surface area contributed by atoms with E-state index in [0.717, 1.165) is 33.3 Å². The Kier molecular flexibility index (Phi) is 6.34. The molecule has 0 N–H and O–H groups in total. The molecule has 3 aromatic heterocycles. The van der Waals surface area contributed by atoms with Crippen molar-refractivity contribution < 1.29 is 4.42 Å². The van der Waals surface area contributed by atoms with Crippen molar-refractivity contribution in [2.45, 2.75) is 0 Å². The largest absolute Gasteiger partial charge is 0.456 e. The summed E-state index contributed by atoms with van der Waals surface area (Å²) >= 11 is 0. The summed E-state index contributed by atoms with van der Waals surface area (Å²) in [4.78, 5) is 0. The first-order valence-electron chi connectivity index (χ1n) is 18.8. The second-order valence-electron chi connectivity index (χ2n) is 14.5. The van der Waals surface area contributed by atoms with Crippen LogP contribution >= 0.6 is 0 Å². The number of benzene rings is 9. The maximum atomic E-state index is 6.31. The smallest absolute Gasteiger partial charge is 0.137 e. The number of hydrogen-bond donors (Lipinski definition) is 0. The molecule has 3 heterocycles. The zero-order valence-electron chi connectivity index (χ0n) is 29.8. The Bertz CT molecular complexity index is 3480. The minimum absolute atomic E-state index is 0.898. The molecular weight excluding hydrogens is 669 g/mol. The molecule has 0 aliphatic rings. The van der Waals surface area contributed by atoms with Gasteiger partial charge in [0.25, 0.3) is 0 Å². The number of nitrogens with zero attached hydrogens (tertiary/aromatic N) is 2. The number of para-hydroxylation sites is 3. The molecule has 12 aromatic rings. The quantitative estimate of drug-likeness (QED) is 0.179. The van der Waals surface area contributed by atoms with Crippen LogP contribution in [0.5, 0.6) is 0 Å². The molecule has 0 aliphatic carbocycles. The van der Waals surface area contributed by atoms with Crippen LogP contribution in [-0.4, -0.2) is 9.13 Å². The molecule has 0 radical (unpaired) electrons. The van der Waals surface area contributed by atoms with Crippen molar-refractivity contribution in [3.05, 3.63) is 194 Å². The van der Waals surface area contributed by atoms with Crippen LogP contribution in [0, 0.1) is 0 Å². The first-order valence-corrected chi connectivity index (χ1v) is 18.8. The van der Waals surface area contributed by atoms with Gasteiger partial charge >= 0.3 is 0 Å². The Labute approximate surface area is 316 Å². The third-order valence-corrected chi connectivity index (χ3v) is 11.5. The molecule has 55 heavy (non-hydrogen) atoms. The molecule has 0 atom stereocenters. The maximum absolute atomic E-state index is 6.31. The van der Waals surface area contributed by atoms with Gasteiger partial charge in [0.2, 0.25) is 0 Å². The number of aromatic nitrogens is 2. The molecule has 256 valence electrons. The monoisotopic (exact) mass is 700 g/mol. The van der Waals surface area contributed by atoms with E-state index in [1.165, 1.54) is 76.6 Å². The van der Waals surface area contributed by atoms with Crippen LogP contribution in [0.1, 0.15) is 0 Å². The molecule has 0 bridgehead atoms. The predicted molar refractivity (Wildman–Crippen MR) is 231 cm³/mol. The zero-order chi connectivity index (χ0) is 36.0. The van der Waals surface area contributed by atoms with Crippen molar-refractivity contribution in [3.63, 3.8) is 0 Å². The van der Waals surface area contributed by atoms with E-state index in [0.29, 0.717) is 0 Å². The lowest BCUT2D eigenvalue weighted by Crippen LogP contribution is -1.94. The third kappa shape index (κ3) is 4.44. The summed E-state index contributed by atoms with van der Waals surface area (Å²) in [6, 6.07) is 70.3. The molecule has 0 aliphatic heterocycles. The van der Waals surface area contributed by atoms with Crippen LogP contribution < -0.4 is 0 Å². The zero-order valence-corrected chi connectivity index (χ0v) is 29.8. The molecule has 0 saturated heterocycles. The fourth-order valence-electron chi connectivity index (χ4n) is 9.05. The topological polar surface area (TPSA) is 23.0 Å². The van der Waals surface area contributed by atoms with E-state index >= 15 is 0 Å². The van der Waals surface area contributed by atoms with E-state index in [2.05, 4.69) is 197 Å². The summed E-state index contributed by atoms with van der Waals surface area (Å²) in [7, 11) is 0. The van der Waals surface area contributed by atoms with Crippen molar-refractivity contribution in [2.75, 3.05) is 0 Å². The predicted octanol–water partition coefficient (Wildman–Crippen LogP) is 14.3. The molecule has 9 aromatic carbocycles. The van der Waals surface area contributed by atoms with Gasteiger partial charge in [0.1, 0.15) is 11.2 Å². The summed E-state index contributed by atoms with van der Waals surface area (Å²) in [5, 5.41) is 9.74. The number of rotatable bonds is 4. The van der Waals surface area contributed by atoms with E-state index in [9.17, 15) is 0 Å². The molecule has 3 nitrogen and oxygen atoms in total. The van der Waals surface area contributed by atoms with E-state index < -0.39 is 0 Å². The fourth-order valence-corrected chi connectivity index (χ4v) is 9.05. The van der Waals surface area contributed by atoms with Crippen LogP contribution in [0.4, 0.5) is 0 Å². The lowest BCUT2D eigenvalue weighted by molar-refractivity contribution is 0.669. The fraction of sp³-hybridized carbons (Fsp3) is 0. The van der Waals surface area contributed by atoms with E-state index in [-0.39, 0.29) is 0 Å². The number of fused-ring (bicyclic) bond motifs is 10. The van der Waals surface area contributed by atoms with Crippen molar-refractivity contribution >= 4 is 76.3 Å². The first kappa shape index (κ1) is 30.1. The summed E-state index contributed by atoms with van der Waals surface area (Å²) in [6.45, 7) is 0. The summed E-state index contributed by atoms with van der Waals surface area (Å²) in [5.74, 6) is 0. The van der Waals surface area contributed by atoms with Gasteiger partial charge in [-0.1, -0.05) is 127 Å². The Balaban J connectivity index is 1.00. The minimum Gasteiger partial charge on any atom is -0.456 e. The molecule has 0 saturated carbocycles. The van der Waals surface area contributed by atoms with Crippen LogP contribution in [0.2, 0.25) is 0 Å². The Morgan fingerprint density at radius 1 is 0.327 bits per heavy atom. The number of furan rings is 1. The van der Waals surface area contributed by atoms with Gasteiger partial charge in [-0.15, -0.1) is 0 Å². The molecule has 0 unspecified atom stereocenters. The average Bonchev–Trinajstić information content (AvgIpc) is 3.91. The van der Waals surface area contributed by atoms with Gasteiger partial charge in [-0.2, -0.15) is 0 Å². The molecule has 0 fully saturated rings. The van der Waals surface area contributed by atoms with Crippen molar-refractivity contribution in [3.8, 4) is 33.6 Å². The highest BCUT2D eigenvalue weighted by atomic mass is 16.3.